The molecule has 0 saturated carbocycles. The van der Waals surface area contributed by atoms with Gasteiger partial charge in [0.1, 0.15) is 11.5 Å². The Morgan fingerprint density at radius 2 is 2.11 bits per heavy atom. The van der Waals surface area contributed by atoms with Gasteiger partial charge in [-0.3, -0.25) is 4.79 Å². The van der Waals surface area contributed by atoms with E-state index in [2.05, 4.69) is 0 Å². The van der Waals surface area contributed by atoms with Crippen LogP contribution in [0.3, 0.4) is 0 Å². The predicted octanol–water partition coefficient (Wildman–Crippen LogP) is 3.14. The van der Waals surface area contributed by atoms with Gasteiger partial charge in [-0.15, -0.1) is 0 Å². The third-order valence-corrected chi connectivity index (χ3v) is 2.65. The van der Waals surface area contributed by atoms with E-state index < -0.39 is 5.51 Å². The van der Waals surface area contributed by atoms with E-state index in [4.69, 9.17) is 9.47 Å². The lowest BCUT2D eigenvalue weighted by Crippen LogP contribution is -2.08. The first-order chi connectivity index (χ1) is 8.46. The van der Waals surface area contributed by atoms with Gasteiger partial charge >= 0.3 is 5.51 Å². The van der Waals surface area contributed by atoms with Crippen molar-refractivity contribution in [3.63, 3.8) is 0 Å². The number of carbonyl (C=O) groups is 1. The number of aldehydes is 1. The molecule has 1 aromatic rings. The Bertz CT molecular complexity index is 407. The lowest BCUT2D eigenvalue weighted by Gasteiger charge is -2.10. The number of halogens is 3. The number of rotatable bonds is 6. The molecule has 0 atom stereocenters. The van der Waals surface area contributed by atoms with Gasteiger partial charge in [0.15, 0.2) is 6.29 Å². The van der Waals surface area contributed by atoms with Crippen molar-refractivity contribution in [2.75, 3.05) is 19.5 Å². The summed E-state index contributed by atoms with van der Waals surface area (Å²) < 4.78 is 45.6. The summed E-state index contributed by atoms with van der Waals surface area (Å²) in [4.78, 5) is 10.8. The minimum Gasteiger partial charge on any atom is -0.497 e. The van der Waals surface area contributed by atoms with Gasteiger partial charge in [-0.1, -0.05) is 0 Å². The average molecular weight is 280 g/mol. The largest absolute Gasteiger partial charge is 0.497 e. The molecule has 0 fully saturated rings. The van der Waals surface area contributed by atoms with Gasteiger partial charge in [-0.05, 0) is 30.0 Å². The topological polar surface area (TPSA) is 35.5 Å². The van der Waals surface area contributed by atoms with Crippen LogP contribution in [0.1, 0.15) is 10.4 Å². The molecule has 18 heavy (non-hydrogen) atoms. The maximum Gasteiger partial charge on any atom is 0.441 e. The first-order valence-corrected chi connectivity index (χ1v) is 5.91. The Morgan fingerprint density at radius 1 is 1.39 bits per heavy atom. The van der Waals surface area contributed by atoms with Crippen molar-refractivity contribution < 1.29 is 27.4 Å². The van der Waals surface area contributed by atoms with Gasteiger partial charge in [0.25, 0.3) is 0 Å². The zero-order valence-electron chi connectivity index (χ0n) is 9.49. The van der Waals surface area contributed by atoms with E-state index in [9.17, 15) is 18.0 Å². The maximum atomic E-state index is 11.9. The molecule has 0 aromatic heterocycles. The third kappa shape index (κ3) is 4.87. The average Bonchev–Trinajstić information content (AvgIpc) is 2.33. The Balaban J connectivity index is 2.54. The van der Waals surface area contributed by atoms with Crippen LogP contribution < -0.4 is 9.47 Å². The van der Waals surface area contributed by atoms with E-state index in [1.165, 1.54) is 19.2 Å². The molecule has 7 heteroatoms. The number of ether oxygens (including phenoxy) is 2. The molecule has 0 unspecified atom stereocenters. The van der Waals surface area contributed by atoms with E-state index in [1.54, 1.807) is 6.07 Å². The fourth-order valence-corrected chi connectivity index (χ4v) is 1.58. The first-order valence-electron chi connectivity index (χ1n) is 4.93. The number of thioether (sulfide) groups is 1. The monoisotopic (exact) mass is 280 g/mol. The predicted molar refractivity (Wildman–Crippen MR) is 62.4 cm³/mol. The van der Waals surface area contributed by atoms with Gasteiger partial charge in [-0.25, -0.2) is 0 Å². The van der Waals surface area contributed by atoms with Crippen LogP contribution >= 0.6 is 11.8 Å². The van der Waals surface area contributed by atoms with E-state index >= 15 is 0 Å². The smallest absolute Gasteiger partial charge is 0.441 e. The van der Waals surface area contributed by atoms with E-state index in [0.29, 0.717) is 12.0 Å². The number of hydrogen-bond donors (Lipinski definition) is 0. The van der Waals surface area contributed by atoms with Crippen LogP contribution in [-0.2, 0) is 0 Å². The van der Waals surface area contributed by atoms with Crippen molar-refractivity contribution in [1.29, 1.82) is 0 Å². The highest BCUT2D eigenvalue weighted by Crippen LogP contribution is 2.30. The highest BCUT2D eigenvalue weighted by Gasteiger charge is 2.27. The van der Waals surface area contributed by atoms with Crippen LogP contribution in [0.25, 0.3) is 0 Å². The van der Waals surface area contributed by atoms with Gasteiger partial charge < -0.3 is 9.47 Å². The van der Waals surface area contributed by atoms with Crippen molar-refractivity contribution in [3.8, 4) is 11.5 Å². The van der Waals surface area contributed by atoms with Gasteiger partial charge in [0, 0.05) is 5.75 Å². The summed E-state index contributed by atoms with van der Waals surface area (Å²) in [5.74, 6) is 0.496. The summed E-state index contributed by atoms with van der Waals surface area (Å²) in [6, 6.07) is 4.51. The zero-order valence-corrected chi connectivity index (χ0v) is 10.3. The minimum absolute atomic E-state index is 0.128. The molecule has 100 valence electrons. The minimum atomic E-state index is -4.27. The molecular formula is C11H11F3O3S. The molecule has 0 spiro atoms. The van der Waals surface area contributed by atoms with Crippen LogP contribution in [0.15, 0.2) is 18.2 Å². The maximum absolute atomic E-state index is 11.9. The van der Waals surface area contributed by atoms with Gasteiger partial charge in [-0.2, -0.15) is 13.2 Å². The molecule has 1 aromatic carbocycles. The van der Waals surface area contributed by atoms with Gasteiger partial charge in [0.2, 0.25) is 0 Å². The summed E-state index contributed by atoms with van der Waals surface area (Å²) >= 11 is -0.164. The molecule has 0 radical (unpaired) electrons. The normalized spacial score (nSPS) is 11.1. The number of alkyl halides is 3. The highest BCUT2D eigenvalue weighted by atomic mass is 32.2. The molecule has 0 aliphatic heterocycles. The summed E-state index contributed by atoms with van der Waals surface area (Å²) in [5.41, 5.74) is -4.03. The Hall–Kier alpha value is -1.37. The summed E-state index contributed by atoms with van der Waals surface area (Å²) in [6.07, 6.45) is 0.564. The molecule has 0 aliphatic carbocycles. The van der Waals surface area contributed by atoms with E-state index in [-0.39, 0.29) is 35.4 Å². The Morgan fingerprint density at radius 3 is 2.67 bits per heavy atom. The highest BCUT2D eigenvalue weighted by molar-refractivity contribution is 8.00. The molecule has 0 saturated heterocycles. The van der Waals surface area contributed by atoms with Crippen molar-refractivity contribution in [2.24, 2.45) is 0 Å². The third-order valence-electron chi connectivity index (χ3n) is 1.95. The summed E-state index contributed by atoms with van der Waals surface area (Å²) in [5, 5.41) is 0. The molecule has 0 aliphatic rings. The van der Waals surface area contributed by atoms with E-state index in [0.717, 1.165) is 0 Å². The Labute approximate surface area is 106 Å². The van der Waals surface area contributed by atoms with Crippen LogP contribution in [0.4, 0.5) is 13.2 Å². The lowest BCUT2D eigenvalue weighted by atomic mass is 10.2. The fraction of sp³-hybridized carbons (Fsp3) is 0.364. The van der Waals surface area contributed by atoms with Crippen LogP contribution in [0, 0.1) is 0 Å². The summed E-state index contributed by atoms with van der Waals surface area (Å²) in [6.45, 7) is -0.128. The van der Waals surface area contributed by atoms with E-state index in [1.807, 2.05) is 0 Å². The second kappa shape index (κ2) is 6.53. The number of hydrogen-bond acceptors (Lipinski definition) is 4. The molecule has 0 N–H and O–H groups in total. The Kier molecular flexibility index (Phi) is 5.33. The molecule has 0 amide bonds. The lowest BCUT2D eigenvalue weighted by molar-refractivity contribution is -0.0329. The molecule has 0 bridgehead atoms. The number of carbonyl (C=O) groups excluding carboxylic acids is 1. The van der Waals surface area contributed by atoms with Crippen LogP contribution in [-0.4, -0.2) is 31.3 Å². The quantitative estimate of drug-likeness (QED) is 0.592. The fourth-order valence-electron chi connectivity index (χ4n) is 1.19. The van der Waals surface area contributed by atoms with Gasteiger partial charge in [0.05, 0.1) is 19.3 Å². The SMILES string of the molecule is COc1ccc(OCCSC(F)(F)F)c(C=O)c1. The van der Waals surface area contributed by atoms with Crippen molar-refractivity contribution in [3.05, 3.63) is 23.8 Å². The number of benzene rings is 1. The van der Waals surface area contributed by atoms with Crippen molar-refractivity contribution in [2.45, 2.75) is 5.51 Å². The molecular weight excluding hydrogens is 269 g/mol. The first kappa shape index (κ1) is 14.7. The molecule has 0 heterocycles. The van der Waals surface area contributed by atoms with Crippen LogP contribution in [0.2, 0.25) is 0 Å². The van der Waals surface area contributed by atoms with Crippen molar-refractivity contribution >= 4 is 18.0 Å². The number of methoxy groups -OCH3 is 1. The molecule has 1 rings (SSSR count). The standard InChI is InChI=1S/C11H11F3O3S/c1-16-9-2-3-10(8(6-9)7-15)17-4-5-18-11(12,13)14/h2-3,6-7H,4-5H2,1H3. The molecule has 3 nitrogen and oxygen atoms in total. The van der Waals surface area contributed by atoms with Crippen LogP contribution in [0.5, 0.6) is 11.5 Å². The summed E-state index contributed by atoms with van der Waals surface area (Å²) in [7, 11) is 1.45. The van der Waals surface area contributed by atoms with Crippen molar-refractivity contribution in [1.82, 2.24) is 0 Å². The second-order valence-corrected chi connectivity index (χ2v) is 4.32. The second-order valence-electron chi connectivity index (χ2n) is 3.16. The zero-order chi connectivity index (χ0) is 13.6.